The quantitative estimate of drug-likeness (QED) is 0.394. The number of carbonyl (C=O) groups is 1. The van der Waals surface area contributed by atoms with E-state index in [9.17, 15) is 4.79 Å². The van der Waals surface area contributed by atoms with E-state index in [1.54, 1.807) is 38.5 Å². The highest BCUT2D eigenvalue weighted by Gasteiger charge is 2.27. The lowest BCUT2D eigenvalue weighted by molar-refractivity contribution is 0.0511. The first kappa shape index (κ1) is 19.7. The predicted molar refractivity (Wildman–Crippen MR) is 109 cm³/mol. The molecule has 0 saturated carbocycles. The van der Waals surface area contributed by atoms with Gasteiger partial charge in [-0.1, -0.05) is 18.2 Å². The molecule has 0 spiro atoms. The Morgan fingerprint density at radius 3 is 2.54 bits per heavy atom. The summed E-state index contributed by atoms with van der Waals surface area (Å²) in [5.74, 6) is 1.79. The van der Waals surface area contributed by atoms with Crippen LogP contribution in [0.25, 0.3) is 12.2 Å². The molecule has 146 valence electrons. The van der Waals surface area contributed by atoms with Crippen LogP contribution in [-0.4, -0.2) is 32.4 Å². The molecule has 2 aromatic rings. The molecule has 0 bridgehead atoms. The summed E-state index contributed by atoms with van der Waals surface area (Å²) in [4.78, 5) is 12.8. The molecule has 0 aliphatic carbocycles. The second-order valence-electron chi connectivity index (χ2n) is 6.91. The van der Waals surface area contributed by atoms with Crippen molar-refractivity contribution in [3.63, 3.8) is 0 Å². The Kier molecular flexibility index (Phi) is 5.85. The maximum absolute atomic E-state index is 12.8. The van der Waals surface area contributed by atoms with Gasteiger partial charge in [-0.05, 0) is 61.9 Å². The molecule has 5 heteroatoms. The Morgan fingerprint density at radius 1 is 1.11 bits per heavy atom. The third-order valence-corrected chi connectivity index (χ3v) is 4.31. The largest absolute Gasteiger partial charge is 0.496 e. The third-order valence-electron chi connectivity index (χ3n) is 4.31. The van der Waals surface area contributed by atoms with E-state index in [0.29, 0.717) is 22.8 Å². The van der Waals surface area contributed by atoms with Crippen molar-refractivity contribution in [3.05, 3.63) is 65.2 Å². The Morgan fingerprint density at radius 2 is 1.86 bits per heavy atom. The van der Waals surface area contributed by atoms with Crippen molar-refractivity contribution in [2.75, 3.05) is 21.0 Å². The number of hydrogen-bond acceptors (Lipinski definition) is 5. The fraction of sp³-hybridized carbons (Fsp3) is 0.261. The predicted octanol–water partition coefficient (Wildman–Crippen LogP) is 4.76. The Labute approximate surface area is 165 Å². The van der Waals surface area contributed by atoms with Crippen LogP contribution < -0.4 is 14.2 Å². The molecule has 0 amide bonds. The highest BCUT2D eigenvalue weighted by atomic mass is 16.7. The summed E-state index contributed by atoms with van der Waals surface area (Å²) in [6, 6.07) is 10.9. The third kappa shape index (κ3) is 4.43. The van der Waals surface area contributed by atoms with Gasteiger partial charge in [0.1, 0.15) is 22.8 Å². The second-order valence-corrected chi connectivity index (χ2v) is 6.91. The zero-order valence-electron chi connectivity index (χ0n) is 16.5. The van der Waals surface area contributed by atoms with E-state index in [4.69, 9.17) is 18.9 Å². The SMILES string of the molecule is COCOc1ccc(C=CC(=O)c2ccc(OC)c3c2OC(C)(C)C=C3)cc1. The smallest absolute Gasteiger partial charge is 0.189 e. The first-order chi connectivity index (χ1) is 13.4. The maximum atomic E-state index is 12.8. The van der Waals surface area contributed by atoms with Crippen molar-refractivity contribution in [1.29, 1.82) is 0 Å². The minimum atomic E-state index is -0.490. The first-order valence-corrected chi connectivity index (χ1v) is 8.97. The molecular formula is C23H24O5. The lowest BCUT2D eigenvalue weighted by atomic mass is 9.97. The molecule has 1 aliphatic rings. The minimum absolute atomic E-state index is 0.135. The highest BCUT2D eigenvalue weighted by Crippen LogP contribution is 2.39. The molecule has 0 atom stereocenters. The van der Waals surface area contributed by atoms with Crippen LogP contribution in [0.5, 0.6) is 17.2 Å². The zero-order chi connectivity index (χ0) is 20.1. The number of allylic oxidation sites excluding steroid dienone is 1. The minimum Gasteiger partial charge on any atom is -0.496 e. The highest BCUT2D eigenvalue weighted by molar-refractivity contribution is 6.09. The van der Waals surface area contributed by atoms with Crippen molar-refractivity contribution in [2.24, 2.45) is 0 Å². The molecular weight excluding hydrogens is 356 g/mol. The van der Waals surface area contributed by atoms with E-state index in [1.807, 2.05) is 50.3 Å². The summed E-state index contributed by atoms with van der Waals surface area (Å²) < 4.78 is 21.7. The van der Waals surface area contributed by atoms with Crippen molar-refractivity contribution in [1.82, 2.24) is 0 Å². The number of rotatable bonds is 7. The van der Waals surface area contributed by atoms with Crippen molar-refractivity contribution >= 4 is 17.9 Å². The van der Waals surface area contributed by atoms with E-state index < -0.39 is 5.60 Å². The van der Waals surface area contributed by atoms with E-state index >= 15 is 0 Å². The van der Waals surface area contributed by atoms with Crippen molar-refractivity contribution in [3.8, 4) is 17.2 Å². The average molecular weight is 380 g/mol. The Hall–Kier alpha value is -3.05. The number of methoxy groups -OCH3 is 2. The normalized spacial score (nSPS) is 14.4. The van der Waals surface area contributed by atoms with Crippen molar-refractivity contribution < 1.29 is 23.7 Å². The first-order valence-electron chi connectivity index (χ1n) is 8.97. The maximum Gasteiger partial charge on any atom is 0.189 e. The van der Waals surface area contributed by atoms with E-state index in [0.717, 1.165) is 11.1 Å². The molecule has 1 aliphatic heterocycles. The fourth-order valence-electron chi connectivity index (χ4n) is 2.87. The van der Waals surface area contributed by atoms with Crippen LogP contribution >= 0.6 is 0 Å². The molecule has 28 heavy (non-hydrogen) atoms. The standard InChI is InChI=1S/C23H24O5/c1-23(2)14-13-19-21(26-4)12-10-18(22(19)28-23)20(24)11-7-16-5-8-17(9-6-16)27-15-25-3/h5-14H,15H2,1-4H3. The molecule has 1 heterocycles. The summed E-state index contributed by atoms with van der Waals surface area (Å²) in [5, 5.41) is 0. The summed E-state index contributed by atoms with van der Waals surface area (Å²) >= 11 is 0. The van der Waals surface area contributed by atoms with Gasteiger partial charge in [0.15, 0.2) is 12.6 Å². The van der Waals surface area contributed by atoms with Gasteiger partial charge in [0.05, 0.1) is 18.2 Å². The molecule has 0 fully saturated rings. The van der Waals surface area contributed by atoms with Gasteiger partial charge in [-0.3, -0.25) is 4.79 Å². The molecule has 0 radical (unpaired) electrons. The number of carbonyl (C=O) groups excluding carboxylic acids is 1. The number of ether oxygens (including phenoxy) is 4. The number of benzene rings is 2. The lowest BCUT2D eigenvalue weighted by Crippen LogP contribution is -2.28. The van der Waals surface area contributed by atoms with Crippen LogP contribution in [0.2, 0.25) is 0 Å². The summed E-state index contributed by atoms with van der Waals surface area (Å²) in [6.45, 7) is 4.09. The van der Waals surface area contributed by atoms with Crippen molar-refractivity contribution in [2.45, 2.75) is 19.4 Å². The topological polar surface area (TPSA) is 54.0 Å². The molecule has 0 unspecified atom stereocenters. The van der Waals surface area contributed by atoms with Crippen LogP contribution in [0.3, 0.4) is 0 Å². The van der Waals surface area contributed by atoms with E-state index in [-0.39, 0.29) is 12.6 Å². The van der Waals surface area contributed by atoms with Gasteiger partial charge in [0.2, 0.25) is 0 Å². The van der Waals surface area contributed by atoms with E-state index in [2.05, 4.69) is 0 Å². The van der Waals surface area contributed by atoms with Gasteiger partial charge in [-0.25, -0.2) is 0 Å². The Balaban J connectivity index is 1.83. The fourth-order valence-corrected chi connectivity index (χ4v) is 2.87. The van der Waals surface area contributed by atoms with Crippen LogP contribution in [0, 0.1) is 0 Å². The molecule has 2 aromatic carbocycles. The van der Waals surface area contributed by atoms with Gasteiger partial charge in [0, 0.05) is 7.11 Å². The lowest BCUT2D eigenvalue weighted by Gasteiger charge is -2.29. The van der Waals surface area contributed by atoms with Gasteiger partial charge < -0.3 is 18.9 Å². The summed E-state index contributed by atoms with van der Waals surface area (Å²) in [6.07, 6.45) is 7.21. The summed E-state index contributed by atoms with van der Waals surface area (Å²) in [5.41, 5.74) is 1.68. The number of hydrogen-bond donors (Lipinski definition) is 0. The number of fused-ring (bicyclic) bond motifs is 1. The van der Waals surface area contributed by atoms with E-state index in [1.165, 1.54) is 0 Å². The van der Waals surface area contributed by atoms with Gasteiger partial charge in [-0.15, -0.1) is 0 Å². The van der Waals surface area contributed by atoms with Crippen LogP contribution in [0.15, 0.2) is 48.6 Å². The molecule has 5 nitrogen and oxygen atoms in total. The van der Waals surface area contributed by atoms with Gasteiger partial charge >= 0.3 is 0 Å². The molecule has 0 aromatic heterocycles. The second kappa shape index (κ2) is 8.31. The Bertz CT molecular complexity index is 907. The van der Waals surface area contributed by atoms with Crippen LogP contribution in [0.4, 0.5) is 0 Å². The molecule has 0 saturated heterocycles. The summed E-state index contributed by atoms with van der Waals surface area (Å²) in [7, 11) is 3.17. The van der Waals surface area contributed by atoms with Gasteiger partial charge in [-0.2, -0.15) is 0 Å². The molecule has 0 N–H and O–H groups in total. The average Bonchev–Trinajstić information content (AvgIpc) is 2.69. The van der Waals surface area contributed by atoms with Gasteiger partial charge in [0.25, 0.3) is 0 Å². The monoisotopic (exact) mass is 380 g/mol. The zero-order valence-corrected chi connectivity index (χ0v) is 16.5. The van der Waals surface area contributed by atoms with Crippen LogP contribution in [0.1, 0.15) is 35.3 Å². The number of ketones is 1. The van der Waals surface area contributed by atoms with Crippen LogP contribution in [-0.2, 0) is 4.74 Å². The molecule has 3 rings (SSSR count).